The molecular weight excluding hydrogens is 526 g/mol. The first-order valence-corrected chi connectivity index (χ1v) is 15.5. The number of aromatic nitrogens is 2. The Morgan fingerprint density at radius 1 is 1.17 bits per heavy atom. The Hall–Kier alpha value is -3.48. The maximum absolute atomic E-state index is 12.6. The van der Waals surface area contributed by atoms with Gasteiger partial charge in [-0.3, -0.25) is 14.6 Å². The van der Waals surface area contributed by atoms with Crippen LogP contribution in [0.2, 0.25) is 0 Å². The Balaban J connectivity index is 1.27. The minimum absolute atomic E-state index is 0.117. The molecule has 222 valence electrons. The maximum Gasteiger partial charge on any atom is 0.318 e. The van der Waals surface area contributed by atoms with E-state index in [4.69, 9.17) is 21.3 Å². The number of carbonyl (C=O) groups is 1. The average Bonchev–Trinajstić information content (AvgIpc) is 3.73. The zero-order chi connectivity index (χ0) is 29.2. The summed E-state index contributed by atoms with van der Waals surface area (Å²) in [5.74, 6) is 1.40. The van der Waals surface area contributed by atoms with Gasteiger partial charge in [-0.1, -0.05) is 44.7 Å². The van der Waals surface area contributed by atoms with Gasteiger partial charge in [-0.05, 0) is 55.3 Å². The molecule has 0 saturated carbocycles. The van der Waals surface area contributed by atoms with E-state index in [9.17, 15) is 4.79 Å². The fraction of sp³-hybridized carbons (Fsp3) is 0.576. The average molecular weight is 570 g/mol. The molecule has 9 nitrogen and oxygen atoms in total. The fourth-order valence-corrected chi connectivity index (χ4v) is 7.38. The Morgan fingerprint density at radius 3 is 2.83 bits per heavy atom. The van der Waals surface area contributed by atoms with Crippen molar-refractivity contribution in [3.63, 3.8) is 0 Å². The zero-order valence-corrected chi connectivity index (χ0v) is 25.0. The van der Waals surface area contributed by atoms with Crippen LogP contribution in [0.5, 0.6) is 6.01 Å². The summed E-state index contributed by atoms with van der Waals surface area (Å²) in [6, 6.07) is 9.79. The number of aryl methyl sites for hydroxylation is 1. The lowest BCUT2D eigenvalue weighted by molar-refractivity contribution is -0.128. The van der Waals surface area contributed by atoms with Gasteiger partial charge in [-0.25, -0.2) is 6.57 Å². The molecule has 1 aliphatic carbocycles. The Kier molecular flexibility index (Phi) is 8.45. The van der Waals surface area contributed by atoms with Crippen LogP contribution in [0.4, 0.5) is 5.82 Å². The predicted octanol–water partition coefficient (Wildman–Crippen LogP) is 4.10. The summed E-state index contributed by atoms with van der Waals surface area (Å²) in [7, 11) is 0. The highest BCUT2D eigenvalue weighted by atomic mass is 16.5. The first kappa shape index (κ1) is 28.6. The molecule has 2 fully saturated rings. The lowest BCUT2D eigenvalue weighted by Gasteiger charge is -2.40. The van der Waals surface area contributed by atoms with Crippen LogP contribution in [0.15, 0.2) is 36.9 Å². The van der Waals surface area contributed by atoms with E-state index in [0.29, 0.717) is 50.3 Å². The van der Waals surface area contributed by atoms with Crippen molar-refractivity contribution in [2.24, 2.45) is 5.92 Å². The van der Waals surface area contributed by atoms with Gasteiger partial charge in [0.2, 0.25) is 12.5 Å². The Morgan fingerprint density at radius 2 is 2.02 bits per heavy atom. The van der Waals surface area contributed by atoms with Crippen LogP contribution in [0.25, 0.3) is 4.85 Å². The number of nitrogens with zero attached hydrogens (tertiary/aromatic N) is 7. The maximum atomic E-state index is 12.6. The van der Waals surface area contributed by atoms with Crippen LogP contribution in [0, 0.1) is 12.5 Å². The van der Waals surface area contributed by atoms with Crippen molar-refractivity contribution in [1.82, 2.24) is 24.7 Å². The van der Waals surface area contributed by atoms with Crippen LogP contribution in [0.1, 0.15) is 61.5 Å². The molecule has 1 aromatic carbocycles. The van der Waals surface area contributed by atoms with Gasteiger partial charge >= 0.3 is 6.01 Å². The van der Waals surface area contributed by atoms with Gasteiger partial charge in [0, 0.05) is 56.9 Å². The molecule has 4 aliphatic rings. The van der Waals surface area contributed by atoms with E-state index in [1.54, 1.807) is 4.90 Å². The number of rotatable bonds is 9. The van der Waals surface area contributed by atoms with Crippen LogP contribution >= 0.6 is 0 Å². The Bertz CT molecular complexity index is 1350. The summed E-state index contributed by atoms with van der Waals surface area (Å²) in [5.41, 5.74) is 5.06. The van der Waals surface area contributed by atoms with E-state index in [1.165, 1.54) is 23.6 Å². The molecule has 1 unspecified atom stereocenters. The third-order valence-electron chi connectivity index (χ3n) is 9.35. The first-order valence-electron chi connectivity index (χ1n) is 15.5. The Labute approximate surface area is 250 Å². The van der Waals surface area contributed by atoms with Crippen molar-refractivity contribution in [2.45, 2.75) is 70.7 Å². The number of benzene rings is 1. The van der Waals surface area contributed by atoms with Crippen molar-refractivity contribution >= 4 is 11.7 Å². The molecule has 1 aromatic heterocycles. The normalized spacial score (nSPS) is 24.1. The second-order valence-corrected chi connectivity index (χ2v) is 12.6. The summed E-state index contributed by atoms with van der Waals surface area (Å²) in [6.07, 6.45) is 5.90. The molecule has 0 bridgehead atoms. The van der Waals surface area contributed by atoms with Gasteiger partial charge < -0.3 is 19.4 Å². The lowest BCUT2D eigenvalue weighted by atomic mass is 10.1. The highest BCUT2D eigenvalue weighted by Crippen LogP contribution is 2.42. The van der Waals surface area contributed by atoms with E-state index in [1.807, 2.05) is 0 Å². The lowest BCUT2D eigenvalue weighted by Crippen LogP contribution is -2.56. The minimum Gasteiger partial charge on any atom is -0.462 e. The van der Waals surface area contributed by atoms with Gasteiger partial charge in [0.05, 0.1) is 5.69 Å². The second-order valence-electron chi connectivity index (χ2n) is 12.6. The molecule has 6 rings (SSSR count). The largest absolute Gasteiger partial charge is 0.462 e. The summed E-state index contributed by atoms with van der Waals surface area (Å²) in [5, 5.41) is 0. The number of anilines is 1. The van der Waals surface area contributed by atoms with Gasteiger partial charge in [0.15, 0.2) is 0 Å². The smallest absolute Gasteiger partial charge is 0.318 e. The van der Waals surface area contributed by atoms with Gasteiger partial charge in [0.1, 0.15) is 18.5 Å². The van der Waals surface area contributed by atoms with Crippen molar-refractivity contribution < 1.29 is 9.53 Å². The molecule has 1 amide bonds. The standard InChI is InChI=1S/C33H43N7O2/c1-5-31(41)40-16-15-38(19-26(40)17-34-4)32-28-20-39(30-13-12-24-9-6-7-11-27(24)30)21-29(28)35-33(36-32)42-22-25-10-8-14-37(25)18-23(2)3/h5-7,9,11,23,25-26,30H,1,8,10,12-22H2,2-3H3/t25-,26-,30?/m0/s1. The number of fused-ring (bicyclic) bond motifs is 2. The number of ether oxygens (including phenoxy) is 1. The molecule has 0 N–H and O–H groups in total. The van der Waals surface area contributed by atoms with E-state index < -0.39 is 0 Å². The van der Waals surface area contributed by atoms with E-state index >= 15 is 0 Å². The van der Waals surface area contributed by atoms with Crippen molar-refractivity contribution in [2.75, 3.05) is 50.8 Å². The van der Waals surface area contributed by atoms with Gasteiger partial charge in [0.25, 0.3) is 0 Å². The third-order valence-corrected chi connectivity index (χ3v) is 9.35. The SMILES string of the molecule is [C-]#[N+]C[C@H]1CN(c2nc(OC[C@@H]3CCCN3CC(C)C)nc3c2CN(C2CCc4ccccc42)C3)CCN1C(=O)C=C. The van der Waals surface area contributed by atoms with Crippen LogP contribution in [-0.2, 0) is 24.3 Å². The summed E-state index contributed by atoms with van der Waals surface area (Å²) >= 11 is 0. The van der Waals surface area contributed by atoms with E-state index in [-0.39, 0.29) is 18.5 Å². The van der Waals surface area contributed by atoms with Crippen LogP contribution < -0.4 is 9.64 Å². The topological polar surface area (TPSA) is 69.4 Å². The van der Waals surface area contributed by atoms with Crippen LogP contribution in [0.3, 0.4) is 0 Å². The van der Waals surface area contributed by atoms with E-state index in [0.717, 1.165) is 62.5 Å². The second kappa shape index (κ2) is 12.4. The molecule has 9 heteroatoms. The molecule has 2 saturated heterocycles. The van der Waals surface area contributed by atoms with Gasteiger partial charge in [-0.2, -0.15) is 9.97 Å². The monoisotopic (exact) mass is 569 g/mol. The molecular formula is C33H43N7O2. The molecule has 3 atom stereocenters. The number of likely N-dealkylation sites (tertiary alicyclic amines) is 1. The molecule has 4 heterocycles. The molecule has 42 heavy (non-hydrogen) atoms. The third kappa shape index (κ3) is 5.75. The van der Waals surface area contributed by atoms with Crippen molar-refractivity contribution in [3.8, 4) is 6.01 Å². The number of piperazine rings is 1. The van der Waals surface area contributed by atoms with Crippen molar-refractivity contribution in [3.05, 3.63) is 70.7 Å². The number of hydrogen-bond donors (Lipinski definition) is 0. The summed E-state index contributed by atoms with van der Waals surface area (Å²) < 4.78 is 6.39. The van der Waals surface area contributed by atoms with Gasteiger partial charge in [-0.15, -0.1) is 0 Å². The number of carbonyl (C=O) groups excluding carboxylic acids is 1. The number of amides is 1. The molecule has 2 aromatic rings. The van der Waals surface area contributed by atoms with Crippen LogP contribution in [-0.4, -0.2) is 88.5 Å². The molecule has 3 aliphatic heterocycles. The summed E-state index contributed by atoms with van der Waals surface area (Å²) in [4.78, 5) is 35.4. The zero-order valence-electron chi connectivity index (χ0n) is 25.0. The highest BCUT2D eigenvalue weighted by molar-refractivity contribution is 5.87. The minimum atomic E-state index is -0.209. The first-order chi connectivity index (χ1) is 20.4. The van der Waals surface area contributed by atoms with Crippen molar-refractivity contribution in [1.29, 1.82) is 0 Å². The van der Waals surface area contributed by atoms with E-state index in [2.05, 4.69) is 64.2 Å². The fourth-order valence-electron chi connectivity index (χ4n) is 7.38. The molecule has 0 spiro atoms. The quantitative estimate of drug-likeness (QED) is 0.333. The molecule has 0 radical (unpaired) electrons. The number of hydrogen-bond acceptors (Lipinski definition) is 7. The highest BCUT2D eigenvalue weighted by Gasteiger charge is 2.38. The predicted molar refractivity (Wildman–Crippen MR) is 163 cm³/mol. The summed E-state index contributed by atoms with van der Waals surface area (Å²) in [6.45, 7) is 22.1.